The minimum absolute atomic E-state index is 0.0212. The molecule has 2 atom stereocenters. The highest BCUT2D eigenvalue weighted by Crippen LogP contribution is 2.43. The molecule has 33 heavy (non-hydrogen) atoms. The largest absolute Gasteiger partial charge is 0.496 e. The molecule has 0 saturated carbocycles. The molecule has 1 fully saturated rings. The highest BCUT2D eigenvalue weighted by molar-refractivity contribution is 5.60. The Hall–Kier alpha value is -2.52. The summed E-state index contributed by atoms with van der Waals surface area (Å²) in [7, 11) is 1.68. The van der Waals surface area contributed by atoms with Crippen molar-refractivity contribution < 1.29 is 13.5 Å². The molecule has 2 aromatic rings. The minimum atomic E-state index is -2.79. The van der Waals surface area contributed by atoms with E-state index in [1.54, 1.807) is 7.11 Å². The number of nitrogen functional groups attached to an aromatic ring is 1. The van der Waals surface area contributed by atoms with Crippen molar-refractivity contribution in [2.24, 2.45) is 5.73 Å². The first-order valence-electron chi connectivity index (χ1n) is 11.4. The van der Waals surface area contributed by atoms with Crippen molar-refractivity contribution in [3.63, 3.8) is 0 Å². The molecule has 0 amide bonds. The van der Waals surface area contributed by atoms with E-state index >= 15 is 0 Å². The van der Waals surface area contributed by atoms with Crippen molar-refractivity contribution in [3.05, 3.63) is 40.2 Å². The Morgan fingerprint density at radius 2 is 1.91 bits per heavy atom. The highest BCUT2D eigenvalue weighted by atomic mass is 19.3. The molecule has 1 saturated heterocycles. The van der Waals surface area contributed by atoms with E-state index in [1.165, 1.54) is 23.0 Å². The van der Waals surface area contributed by atoms with Gasteiger partial charge in [-0.05, 0) is 51.3 Å². The average Bonchev–Trinajstić information content (AvgIpc) is 2.72. The van der Waals surface area contributed by atoms with Crippen LogP contribution >= 0.6 is 0 Å². The quantitative estimate of drug-likeness (QED) is 0.514. The van der Waals surface area contributed by atoms with E-state index in [0.717, 1.165) is 30.8 Å². The second-order valence-corrected chi connectivity index (χ2v) is 9.04. The van der Waals surface area contributed by atoms with Gasteiger partial charge in [0.05, 0.1) is 24.8 Å². The smallest absolute Gasteiger partial charge is 0.257 e. The number of nitrogens with one attached hydrogen (secondary N) is 1. The van der Waals surface area contributed by atoms with Gasteiger partial charge in [0.25, 0.3) is 6.43 Å². The summed E-state index contributed by atoms with van der Waals surface area (Å²) in [5.41, 5.74) is 16.3. The van der Waals surface area contributed by atoms with E-state index in [4.69, 9.17) is 16.2 Å². The maximum Gasteiger partial charge on any atom is 0.257 e. The van der Waals surface area contributed by atoms with Gasteiger partial charge in [-0.2, -0.15) is 0 Å². The van der Waals surface area contributed by atoms with E-state index in [1.807, 2.05) is 6.92 Å². The molecule has 1 aliphatic rings. The molecular formula is C24H36F2N6O. The molecule has 1 aliphatic heterocycles. The van der Waals surface area contributed by atoms with Crippen molar-refractivity contribution in [1.82, 2.24) is 14.9 Å². The Labute approximate surface area is 194 Å². The van der Waals surface area contributed by atoms with Crippen LogP contribution in [0.15, 0.2) is 12.4 Å². The number of nitrogens with zero attached hydrogens (tertiary/aromatic N) is 3. The summed E-state index contributed by atoms with van der Waals surface area (Å²) in [5.74, 6) is 1.37. The van der Waals surface area contributed by atoms with Gasteiger partial charge in [-0.3, -0.25) is 4.90 Å². The number of likely N-dealkylation sites (tertiary alicyclic amines) is 1. The fourth-order valence-electron chi connectivity index (χ4n) is 4.65. The predicted octanol–water partition coefficient (Wildman–Crippen LogP) is 4.18. The predicted molar refractivity (Wildman–Crippen MR) is 128 cm³/mol. The van der Waals surface area contributed by atoms with Crippen molar-refractivity contribution in [1.29, 1.82) is 0 Å². The molecule has 0 aliphatic carbocycles. The van der Waals surface area contributed by atoms with Crippen LogP contribution in [0.4, 0.5) is 20.4 Å². The van der Waals surface area contributed by atoms with E-state index in [0.29, 0.717) is 12.0 Å². The van der Waals surface area contributed by atoms with Crippen LogP contribution in [0, 0.1) is 6.92 Å². The first kappa shape index (κ1) is 25.1. The minimum Gasteiger partial charge on any atom is -0.496 e. The molecule has 0 spiro atoms. The normalized spacial score (nSPS) is 16.7. The zero-order valence-corrected chi connectivity index (χ0v) is 20.3. The molecule has 1 aromatic heterocycles. The third-order valence-electron chi connectivity index (χ3n) is 6.69. The van der Waals surface area contributed by atoms with Gasteiger partial charge in [-0.25, -0.2) is 18.7 Å². The van der Waals surface area contributed by atoms with Gasteiger partial charge in [0.2, 0.25) is 0 Å². The third kappa shape index (κ3) is 4.89. The molecule has 3 rings (SSSR count). The lowest BCUT2D eigenvalue weighted by atomic mass is 9.82. The van der Waals surface area contributed by atoms with E-state index in [2.05, 4.69) is 53.9 Å². The van der Waals surface area contributed by atoms with Crippen LogP contribution in [0.1, 0.15) is 73.5 Å². The highest BCUT2D eigenvalue weighted by Gasteiger charge is 2.35. The molecule has 0 radical (unpaired) electrons. The SMILES string of the molecule is CCc1cc(C(C)Nc2ncnc(N)c2C(N)C(F)F)c(OC)c(C2CN(C(C)C)C2)c1C. The number of aryl methyl sites for hydroxylation is 1. The van der Waals surface area contributed by atoms with Gasteiger partial charge < -0.3 is 21.5 Å². The van der Waals surface area contributed by atoms with Crippen LogP contribution in [0.25, 0.3) is 0 Å². The molecule has 5 N–H and O–H groups in total. The van der Waals surface area contributed by atoms with Crippen LogP contribution < -0.4 is 21.5 Å². The number of methoxy groups -OCH3 is 1. The maximum atomic E-state index is 13.4. The third-order valence-corrected chi connectivity index (χ3v) is 6.69. The van der Waals surface area contributed by atoms with E-state index in [9.17, 15) is 8.78 Å². The summed E-state index contributed by atoms with van der Waals surface area (Å²) in [6.45, 7) is 12.6. The Bertz CT molecular complexity index is 978. The fraction of sp³-hybridized carbons (Fsp3) is 0.583. The number of aromatic nitrogens is 2. The van der Waals surface area contributed by atoms with Gasteiger partial charge in [0, 0.05) is 36.2 Å². The van der Waals surface area contributed by atoms with Crippen molar-refractivity contribution in [3.8, 4) is 5.75 Å². The van der Waals surface area contributed by atoms with Crippen molar-refractivity contribution in [2.45, 2.75) is 71.5 Å². The fourth-order valence-corrected chi connectivity index (χ4v) is 4.65. The number of halogens is 2. The van der Waals surface area contributed by atoms with Crippen LogP contribution in [-0.2, 0) is 6.42 Å². The number of rotatable bonds is 9. The summed E-state index contributed by atoms with van der Waals surface area (Å²) in [6.07, 6.45) is -0.662. The standard InChI is InChI=1S/C24H36F2N6O/c1-7-15-8-17(21(33-6)18(13(15)4)16-9-32(10-16)12(2)3)14(5)31-24-19(20(27)22(25)26)23(28)29-11-30-24/h8,11-12,14,16,20,22H,7,9-10,27H2,1-6H3,(H3,28,29,30,31). The van der Waals surface area contributed by atoms with Crippen LogP contribution in [0.2, 0.25) is 0 Å². The topological polar surface area (TPSA) is 102 Å². The lowest BCUT2D eigenvalue weighted by molar-refractivity contribution is 0.108. The van der Waals surface area contributed by atoms with Crippen molar-refractivity contribution >= 4 is 11.6 Å². The Morgan fingerprint density at radius 1 is 1.24 bits per heavy atom. The molecule has 182 valence electrons. The molecule has 2 unspecified atom stereocenters. The van der Waals surface area contributed by atoms with E-state index < -0.39 is 12.5 Å². The van der Waals surface area contributed by atoms with Gasteiger partial charge >= 0.3 is 0 Å². The summed E-state index contributed by atoms with van der Waals surface area (Å²) < 4.78 is 32.7. The maximum absolute atomic E-state index is 13.4. The number of hydrogen-bond acceptors (Lipinski definition) is 7. The number of benzene rings is 1. The first-order valence-corrected chi connectivity index (χ1v) is 11.4. The number of anilines is 2. The van der Waals surface area contributed by atoms with Crippen LogP contribution in [-0.4, -0.2) is 47.5 Å². The second-order valence-electron chi connectivity index (χ2n) is 9.04. The first-order chi connectivity index (χ1) is 15.6. The lowest BCUT2D eigenvalue weighted by Crippen LogP contribution is -2.49. The Morgan fingerprint density at radius 3 is 2.45 bits per heavy atom. The number of alkyl halides is 2. The zero-order valence-electron chi connectivity index (χ0n) is 20.3. The summed E-state index contributed by atoms with van der Waals surface area (Å²) >= 11 is 0. The van der Waals surface area contributed by atoms with Crippen molar-refractivity contribution in [2.75, 3.05) is 31.2 Å². The monoisotopic (exact) mass is 462 g/mol. The lowest BCUT2D eigenvalue weighted by Gasteiger charge is -2.44. The number of ether oxygens (including phenoxy) is 1. The second kappa shape index (κ2) is 10.2. The number of hydrogen-bond donors (Lipinski definition) is 3. The average molecular weight is 463 g/mol. The van der Waals surface area contributed by atoms with E-state index in [-0.39, 0.29) is 23.2 Å². The molecule has 2 heterocycles. The van der Waals surface area contributed by atoms with Crippen LogP contribution in [0.5, 0.6) is 5.75 Å². The Kier molecular flexibility index (Phi) is 7.74. The molecule has 1 aromatic carbocycles. The molecular weight excluding hydrogens is 426 g/mol. The molecule has 9 heteroatoms. The van der Waals surface area contributed by atoms with Gasteiger partial charge in [-0.1, -0.05) is 6.92 Å². The van der Waals surface area contributed by atoms with Gasteiger partial charge in [-0.15, -0.1) is 0 Å². The zero-order chi connectivity index (χ0) is 24.4. The Balaban J connectivity index is 2.02. The van der Waals surface area contributed by atoms with Gasteiger partial charge in [0.1, 0.15) is 23.7 Å². The van der Waals surface area contributed by atoms with Gasteiger partial charge in [0.15, 0.2) is 0 Å². The number of nitrogens with two attached hydrogens (primary N) is 2. The molecule has 0 bridgehead atoms. The summed E-state index contributed by atoms with van der Waals surface area (Å²) in [5, 5.41) is 3.24. The summed E-state index contributed by atoms with van der Waals surface area (Å²) in [4.78, 5) is 10.5. The summed E-state index contributed by atoms with van der Waals surface area (Å²) in [6, 6.07) is 0.761. The van der Waals surface area contributed by atoms with Crippen LogP contribution in [0.3, 0.4) is 0 Å². The molecule has 7 nitrogen and oxygen atoms in total.